The van der Waals surface area contributed by atoms with Gasteiger partial charge in [-0.2, -0.15) is 0 Å². The Morgan fingerprint density at radius 3 is 2.48 bits per heavy atom. The van der Waals surface area contributed by atoms with Crippen LogP contribution in [0.5, 0.6) is 11.5 Å². The van der Waals surface area contributed by atoms with Crippen LogP contribution in [0.3, 0.4) is 0 Å². The Kier molecular flexibility index (Phi) is 5.54. The van der Waals surface area contributed by atoms with Crippen molar-refractivity contribution in [3.63, 3.8) is 0 Å². The number of ether oxygens (including phenoxy) is 2. The van der Waals surface area contributed by atoms with Gasteiger partial charge in [-0.15, -0.1) is 0 Å². The second-order valence-corrected chi connectivity index (χ2v) is 7.03. The van der Waals surface area contributed by atoms with Crippen molar-refractivity contribution in [2.75, 3.05) is 25.2 Å². The number of allylic oxidation sites excluding steroid dienone is 2. The van der Waals surface area contributed by atoms with Gasteiger partial charge in [-0.25, -0.2) is 0 Å². The number of anilines is 1. The van der Waals surface area contributed by atoms with Gasteiger partial charge in [0, 0.05) is 36.1 Å². The van der Waals surface area contributed by atoms with Gasteiger partial charge in [0.2, 0.25) is 0 Å². The van der Waals surface area contributed by atoms with Crippen molar-refractivity contribution in [3.05, 3.63) is 59.8 Å². The molecule has 0 bridgehead atoms. The molecule has 2 aromatic carbocycles. The normalized spacial score (nSPS) is 16.8. The molecular formula is C23H28N2O2. The van der Waals surface area contributed by atoms with Gasteiger partial charge in [-0.3, -0.25) is 4.99 Å². The minimum absolute atomic E-state index is 0.0622. The van der Waals surface area contributed by atoms with E-state index < -0.39 is 0 Å². The van der Waals surface area contributed by atoms with Crippen molar-refractivity contribution in [3.8, 4) is 11.5 Å². The summed E-state index contributed by atoms with van der Waals surface area (Å²) in [4.78, 5) is 6.90. The maximum atomic E-state index is 5.70. The van der Waals surface area contributed by atoms with E-state index in [1.807, 2.05) is 38.3 Å². The zero-order chi connectivity index (χ0) is 19.4. The number of likely N-dealkylation sites (N-methyl/N-ethyl adjacent to an activating group) is 1. The first-order chi connectivity index (χ1) is 13.0. The van der Waals surface area contributed by atoms with Gasteiger partial charge in [-0.05, 0) is 43.7 Å². The van der Waals surface area contributed by atoms with Gasteiger partial charge in [0.1, 0.15) is 17.2 Å². The highest BCUT2D eigenvalue weighted by Gasteiger charge is 2.37. The summed E-state index contributed by atoms with van der Waals surface area (Å²) in [6.07, 6.45) is 3.94. The van der Waals surface area contributed by atoms with Crippen LogP contribution in [0.2, 0.25) is 0 Å². The molecule has 4 heteroatoms. The van der Waals surface area contributed by atoms with E-state index in [4.69, 9.17) is 9.47 Å². The van der Waals surface area contributed by atoms with Crippen LogP contribution >= 0.6 is 0 Å². The smallest absolute Gasteiger partial charge is 0.145 e. The topological polar surface area (TPSA) is 34.1 Å². The number of hydrogen-bond donors (Lipinski definition) is 0. The highest BCUT2D eigenvalue weighted by Crippen LogP contribution is 2.46. The molecule has 2 aromatic rings. The van der Waals surface area contributed by atoms with Crippen molar-refractivity contribution < 1.29 is 9.47 Å². The SMILES string of the molecule is CCOc1ccc(OCC)c(N=CC=C2N(C)c3ccccc3C2(C)C)c1. The molecule has 0 aromatic heterocycles. The van der Waals surface area contributed by atoms with Gasteiger partial charge >= 0.3 is 0 Å². The number of para-hydroxylation sites is 1. The van der Waals surface area contributed by atoms with Crippen molar-refractivity contribution >= 4 is 17.6 Å². The highest BCUT2D eigenvalue weighted by atomic mass is 16.5. The number of benzene rings is 2. The Hall–Kier alpha value is -2.75. The highest BCUT2D eigenvalue weighted by molar-refractivity contribution is 5.81. The van der Waals surface area contributed by atoms with E-state index in [0.29, 0.717) is 13.2 Å². The van der Waals surface area contributed by atoms with E-state index in [0.717, 1.165) is 17.2 Å². The molecule has 142 valence electrons. The fourth-order valence-electron chi connectivity index (χ4n) is 3.62. The Morgan fingerprint density at radius 1 is 1.04 bits per heavy atom. The quantitative estimate of drug-likeness (QED) is 0.635. The third-order valence-corrected chi connectivity index (χ3v) is 4.93. The molecule has 0 atom stereocenters. The van der Waals surface area contributed by atoms with Crippen LogP contribution in [0.15, 0.2) is 59.2 Å². The van der Waals surface area contributed by atoms with Crippen molar-refractivity contribution in [1.82, 2.24) is 0 Å². The van der Waals surface area contributed by atoms with Crippen LogP contribution < -0.4 is 14.4 Å². The summed E-state index contributed by atoms with van der Waals surface area (Å²) in [6, 6.07) is 14.3. The minimum Gasteiger partial charge on any atom is -0.494 e. The van der Waals surface area contributed by atoms with E-state index in [1.165, 1.54) is 16.9 Å². The molecule has 1 aliphatic heterocycles. The molecule has 0 amide bonds. The molecule has 1 aliphatic rings. The Bertz CT molecular complexity index is 868. The fourth-order valence-corrected chi connectivity index (χ4v) is 3.62. The van der Waals surface area contributed by atoms with E-state index in [2.05, 4.69) is 61.1 Å². The summed E-state index contributed by atoms with van der Waals surface area (Å²) in [6.45, 7) is 9.66. The summed E-state index contributed by atoms with van der Waals surface area (Å²) < 4.78 is 11.3. The molecule has 0 fully saturated rings. The van der Waals surface area contributed by atoms with Gasteiger partial charge in [-0.1, -0.05) is 32.0 Å². The Labute approximate surface area is 162 Å². The molecule has 27 heavy (non-hydrogen) atoms. The van der Waals surface area contributed by atoms with E-state index in [-0.39, 0.29) is 5.41 Å². The van der Waals surface area contributed by atoms with Gasteiger partial charge < -0.3 is 14.4 Å². The van der Waals surface area contributed by atoms with Crippen LogP contribution in [-0.4, -0.2) is 26.5 Å². The predicted molar refractivity (Wildman–Crippen MR) is 113 cm³/mol. The lowest BCUT2D eigenvalue weighted by molar-refractivity contribution is 0.331. The van der Waals surface area contributed by atoms with Crippen molar-refractivity contribution in [2.45, 2.75) is 33.1 Å². The molecule has 0 saturated heterocycles. The van der Waals surface area contributed by atoms with Crippen LogP contribution in [-0.2, 0) is 5.41 Å². The average Bonchev–Trinajstić information content (AvgIpc) is 2.85. The van der Waals surface area contributed by atoms with Gasteiger partial charge in [0.15, 0.2) is 0 Å². The Morgan fingerprint density at radius 2 is 1.78 bits per heavy atom. The monoisotopic (exact) mass is 364 g/mol. The summed E-state index contributed by atoms with van der Waals surface area (Å²) in [5.74, 6) is 1.56. The third kappa shape index (κ3) is 3.70. The van der Waals surface area contributed by atoms with Crippen molar-refractivity contribution in [2.24, 2.45) is 4.99 Å². The van der Waals surface area contributed by atoms with Crippen molar-refractivity contribution in [1.29, 1.82) is 0 Å². The number of aliphatic imine (C=N–C) groups is 1. The molecular weight excluding hydrogens is 336 g/mol. The molecule has 0 radical (unpaired) electrons. The molecule has 3 rings (SSSR count). The largest absolute Gasteiger partial charge is 0.494 e. The number of fused-ring (bicyclic) bond motifs is 1. The predicted octanol–water partition coefficient (Wildman–Crippen LogP) is 5.50. The molecule has 0 spiro atoms. The fraction of sp³-hybridized carbons (Fsp3) is 0.348. The van der Waals surface area contributed by atoms with E-state index >= 15 is 0 Å². The van der Waals surface area contributed by atoms with Crippen LogP contribution in [0.1, 0.15) is 33.3 Å². The summed E-state index contributed by atoms with van der Waals surface area (Å²) in [5.41, 5.74) is 4.51. The maximum absolute atomic E-state index is 5.70. The van der Waals surface area contributed by atoms with E-state index in [1.54, 1.807) is 0 Å². The van der Waals surface area contributed by atoms with Gasteiger partial charge in [0.25, 0.3) is 0 Å². The number of rotatable bonds is 6. The zero-order valence-electron chi connectivity index (χ0n) is 16.8. The lowest BCUT2D eigenvalue weighted by atomic mass is 9.84. The number of hydrogen-bond acceptors (Lipinski definition) is 4. The van der Waals surface area contributed by atoms with Crippen LogP contribution in [0.25, 0.3) is 0 Å². The molecule has 1 heterocycles. The summed E-state index contributed by atoms with van der Waals surface area (Å²) in [5, 5.41) is 0. The molecule has 0 aliphatic carbocycles. The second-order valence-electron chi connectivity index (χ2n) is 7.03. The molecule has 0 unspecified atom stereocenters. The summed E-state index contributed by atoms with van der Waals surface area (Å²) in [7, 11) is 2.11. The molecule has 0 N–H and O–H groups in total. The van der Waals surface area contributed by atoms with Gasteiger partial charge in [0.05, 0.1) is 13.2 Å². The standard InChI is InChI=1S/C23H28N2O2/c1-6-26-17-12-13-21(27-7-2)19(16-17)24-15-14-22-23(3,4)18-10-8-9-11-20(18)25(22)5/h8-16H,6-7H2,1-5H3. The van der Waals surface area contributed by atoms with Crippen LogP contribution in [0, 0.1) is 0 Å². The first-order valence-corrected chi connectivity index (χ1v) is 9.46. The maximum Gasteiger partial charge on any atom is 0.145 e. The lowest BCUT2D eigenvalue weighted by Crippen LogP contribution is -2.23. The molecule has 4 nitrogen and oxygen atoms in total. The first-order valence-electron chi connectivity index (χ1n) is 9.46. The molecule has 0 saturated carbocycles. The zero-order valence-corrected chi connectivity index (χ0v) is 16.8. The van der Waals surface area contributed by atoms with Crippen LogP contribution in [0.4, 0.5) is 11.4 Å². The Balaban J connectivity index is 1.92. The average molecular weight is 364 g/mol. The lowest BCUT2D eigenvalue weighted by Gasteiger charge is -2.23. The number of nitrogens with zero attached hydrogens (tertiary/aromatic N) is 2. The first kappa shape index (κ1) is 19.0. The summed E-state index contributed by atoms with van der Waals surface area (Å²) >= 11 is 0. The third-order valence-electron chi connectivity index (χ3n) is 4.93. The van der Waals surface area contributed by atoms with E-state index in [9.17, 15) is 0 Å². The second kappa shape index (κ2) is 7.87. The minimum atomic E-state index is -0.0622.